The molecule has 0 atom stereocenters. The van der Waals surface area contributed by atoms with E-state index in [1.807, 2.05) is 37.2 Å². The molecule has 0 spiro atoms. The summed E-state index contributed by atoms with van der Waals surface area (Å²) in [6.07, 6.45) is 0. The van der Waals surface area contributed by atoms with Crippen LogP contribution in [0.1, 0.15) is 10.4 Å². The van der Waals surface area contributed by atoms with Crippen molar-refractivity contribution in [3.8, 4) is 0 Å². The van der Waals surface area contributed by atoms with Crippen molar-refractivity contribution in [2.24, 2.45) is 0 Å². The molecule has 1 fully saturated rings. The van der Waals surface area contributed by atoms with Crippen LogP contribution in [0.5, 0.6) is 0 Å². The molecular formula is C18H27N3O4. The van der Waals surface area contributed by atoms with Crippen LogP contribution in [0.15, 0.2) is 24.3 Å². The van der Waals surface area contributed by atoms with Gasteiger partial charge in [-0.1, -0.05) is 6.07 Å². The predicted octanol–water partition coefficient (Wildman–Crippen LogP) is 0.700. The van der Waals surface area contributed by atoms with Crippen LogP contribution in [0.4, 0.5) is 5.69 Å². The van der Waals surface area contributed by atoms with E-state index < -0.39 is 5.97 Å². The zero-order valence-electron chi connectivity index (χ0n) is 15.2. The summed E-state index contributed by atoms with van der Waals surface area (Å²) in [4.78, 5) is 30.4. The standard InChI is InChI=1S/C18H27N3O4/c1-19(2)16-6-4-5-15(13-16)18(23)21(14-17(22)24-3)8-7-20-9-11-25-12-10-20/h4-6,13H,7-12,14H2,1-3H3. The van der Waals surface area contributed by atoms with Crippen LogP contribution in [-0.4, -0.2) is 88.8 Å². The van der Waals surface area contributed by atoms with Gasteiger partial charge in [0.2, 0.25) is 0 Å². The number of hydrogen-bond donors (Lipinski definition) is 0. The summed E-state index contributed by atoms with van der Waals surface area (Å²) in [6.45, 7) is 4.23. The van der Waals surface area contributed by atoms with Gasteiger partial charge < -0.3 is 19.3 Å². The van der Waals surface area contributed by atoms with Gasteiger partial charge in [0.25, 0.3) is 5.91 Å². The molecule has 1 aliphatic heterocycles. The molecule has 1 aromatic rings. The van der Waals surface area contributed by atoms with Crippen molar-refractivity contribution in [3.05, 3.63) is 29.8 Å². The molecule has 0 aromatic heterocycles. The molecule has 0 N–H and O–H groups in total. The Morgan fingerprint density at radius 3 is 2.60 bits per heavy atom. The van der Waals surface area contributed by atoms with E-state index in [9.17, 15) is 9.59 Å². The van der Waals surface area contributed by atoms with Crippen LogP contribution in [0, 0.1) is 0 Å². The van der Waals surface area contributed by atoms with Crippen LogP contribution in [-0.2, 0) is 14.3 Å². The maximum absolute atomic E-state index is 12.9. The molecule has 25 heavy (non-hydrogen) atoms. The molecule has 0 radical (unpaired) electrons. The Bertz CT molecular complexity index is 585. The fourth-order valence-corrected chi connectivity index (χ4v) is 2.66. The van der Waals surface area contributed by atoms with E-state index in [4.69, 9.17) is 9.47 Å². The number of anilines is 1. The van der Waals surface area contributed by atoms with E-state index in [0.29, 0.717) is 31.9 Å². The minimum Gasteiger partial charge on any atom is -0.468 e. The number of ether oxygens (including phenoxy) is 2. The zero-order valence-corrected chi connectivity index (χ0v) is 15.2. The van der Waals surface area contributed by atoms with Crippen molar-refractivity contribution in [3.63, 3.8) is 0 Å². The van der Waals surface area contributed by atoms with E-state index in [2.05, 4.69) is 4.90 Å². The Morgan fingerprint density at radius 1 is 1.24 bits per heavy atom. The van der Waals surface area contributed by atoms with E-state index in [1.54, 1.807) is 11.0 Å². The predicted molar refractivity (Wildman–Crippen MR) is 95.9 cm³/mol. The Balaban J connectivity index is 2.08. The molecular weight excluding hydrogens is 322 g/mol. The summed E-state index contributed by atoms with van der Waals surface area (Å²) >= 11 is 0. The van der Waals surface area contributed by atoms with Gasteiger partial charge >= 0.3 is 5.97 Å². The lowest BCUT2D eigenvalue weighted by molar-refractivity contribution is -0.141. The van der Waals surface area contributed by atoms with Gasteiger partial charge in [-0.05, 0) is 18.2 Å². The van der Waals surface area contributed by atoms with Gasteiger partial charge in [0.15, 0.2) is 0 Å². The number of amides is 1. The monoisotopic (exact) mass is 349 g/mol. The maximum atomic E-state index is 12.9. The van der Waals surface area contributed by atoms with E-state index >= 15 is 0 Å². The van der Waals surface area contributed by atoms with Crippen molar-refractivity contribution in [2.75, 3.05) is 72.0 Å². The van der Waals surface area contributed by atoms with Gasteiger partial charge in [-0.15, -0.1) is 0 Å². The lowest BCUT2D eigenvalue weighted by Gasteiger charge is -2.29. The molecule has 0 bridgehead atoms. The second-order valence-corrected chi connectivity index (χ2v) is 6.20. The highest BCUT2D eigenvalue weighted by molar-refractivity contribution is 5.96. The Hall–Kier alpha value is -2.12. The molecule has 7 heteroatoms. The topological polar surface area (TPSA) is 62.3 Å². The lowest BCUT2D eigenvalue weighted by atomic mass is 10.1. The van der Waals surface area contributed by atoms with Crippen molar-refractivity contribution < 1.29 is 19.1 Å². The first-order chi connectivity index (χ1) is 12.0. The highest BCUT2D eigenvalue weighted by Crippen LogP contribution is 2.15. The third-order valence-electron chi connectivity index (χ3n) is 4.23. The second kappa shape index (κ2) is 9.39. The number of esters is 1. The number of morpholine rings is 1. The molecule has 0 saturated carbocycles. The fraction of sp³-hybridized carbons (Fsp3) is 0.556. The summed E-state index contributed by atoms with van der Waals surface area (Å²) < 4.78 is 10.1. The number of rotatable bonds is 7. The van der Waals surface area contributed by atoms with Crippen LogP contribution < -0.4 is 4.90 Å². The first-order valence-corrected chi connectivity index (χ1v) is 8.45. The van der Waals surface area contributed by atoms with Gasteiger partial charge in [0.1, 0.15) is 6.54 Å². The lowest BCUT2D eigenvalue weighted by Crippen LogP contribution is -2.44. The molecule has 1 aromatic carbocycles. The number of hydrogen-bond acceptors (Lipinski definition) is 6. The fourth-order valence-electron chi connectivity index (χ4n) is 2.66. The SMILES string of the molecule is COC(=O)CN(CCN1CCOCC1)C(=O)c1cccc(N(C)C)c1. The van der Waals surface area contributed by atoms with Crippen LogP contribution in [0.3, 0.4) is 0 Å². The highest BCUT2D eigenvalue weighted by atomic mass is 16.5. The molecule has 1 heterocycles. The number of carbonyl (C=O) groups excluding carboxylic acids is 2. The smallest absolute Gasteiger partial charge is 0.325 e. The van der Waals surface area contributed by atoms with Crippen molar-refractivity contribution >= 4 is 17.6 Å². The average molecular weight is 349 g/mol. The Kier molecular flexibility index (Phi) is 7.21. The summed E-state index contributed by atoms with van der Waals surface area (Å²) in [5.74, 6) is -0.582. The van der Waals surface area contributed by atoms with Crippen LogP contribution in [0.25, 0.3) is 0 Å². The van der Waals surface area contributed by atoms with Gasteiger partial charge in [-0.2, -0.15) is 0 Å². The van der Waals surface area contributed by atoms with Gasteiger partial charge in [-0.25, -0.2) is 0 Å². The summed E-state index contributed by atoms with van der Waals surface area (Å²) in [7, 11) is 5.18. The third-order valence-corrected chi connectivity index (χ3v) is 4.23. The van der Waals surface area contributed by atoms with E-state index in [-0.39, 0.29) is 12.5 Å². The highest BCUT2D eigenvalue weighted by Gasteiger charge is 2.21. The van der Waals surface area contributed by atoms with Gasteiger partial charge in [-0.3, -0.25) is 14.5 Å². The largest absolute Gasteiger partial charge is 0.468 e. The van der Waals surface area contributed by atoms with Gasteiger partial charge in [0, 0.05) is 51.5 Å². The van der Waals surface area contributed by atoms with E-state index in [0.717, 1.165) is 18.8 Å². The first-order valence-electron chi connectivity index (χ1n) is 8.45. The second-order valence-electron chi connectivity index (χ2n) is 6.20. The van der Waals surface area contributed by atoms with Crippen molar-refractivity contribution in [1.29, 1.82) is 0 Å². The zero-order chi connectivity index (χ0) is 18.2. The molecule has 0 aliphatic carbocycles. The average Bonchev–Trinajstić information content (AvgIpc) is 2.65. The molecule has 2 rings (SSSR count). The number of benzene rings is 1. The molecule has 0 unspecified atom stereocenters. The van der Waals surface area contributed by atoms with Crippen molar-refractivity contribution in [2.45, 2.75) is 0 Å². The number of nitrogens with zero attached hydrogens (tertiary/aromatic N) is 3. The molecule has 1 aliphatic rings. The van der Waals surface area contributed by atoms with Gasteiger partial charge in [0.05, 0.1) is 20.3 Å². The van der Waals surface area contributed by atoms with Crippen LogP contribution in [0.2, 0.25) is 0 Å². The molecule has 1 saturated heterocycles. The summed E-state index contributed by atoms with van der Waals surface area (Å²) in [6, 6.07) is 7.39. The quantitative estimate of drug-likeness (QED) is 0.676. The third kappa shape index (κ3) is 5.72. The number of methoxy groups -OCH3 is 1. The summed E-state index contributed by atoms with van der Waals surface area (Å²) in [5.41, 5.74) is 1.51. The van der Waals surface area contributed by atoms with Crippen molar-refractivity contribution in [1.82, 2.24) is 9.80 Å². The molecule has 1 amide bonds. The van der Waals surface area contributed by atoms with E-state index in [1.165, 1.54) is 7.11 Å². The normalized spacial score (nSPS) is 14.8. The summed E-state index contributed by atoms with van der Waals surface area (Å²) in [5, 5.41) is 0. The number of carbonyl (C=O) groups is 2. The molecule has 7 nitrogen and oxygen atoms in total. The Labute approximate surface area is 149 Å². The Morgan fingerprint density at radius 2 is 1.96 bits per heavy atom. The minimum absolute atomic E-state index is 0.0497. The maximum Gasteiger partial charge on any atom is 0.325 e. The van der Waals surface area contributed by atoms with Crippen LogP contribution >= 0.6 is 0 Å². The first kappa shape index (κ1) is 19.2. The molecule has 138 valence electrons. The minimum atomic E-state index is -0.418.